The van der Waals surface area contributed by atoms with Crippen LogP contribution in [0.2, 0.25) is 0 Å². The van der Waals surface area contributed by atoms with Crippen molar-refractivity contribution in [1.29, 1.82) is 0 Å². The van der Waals surface area contributed by atoms with Gasteiger partial charge in [-0.3, -0.25) is 4.79 Å². The fraction of sp³-hybridized carbons (Fsp3) is 0.562. The first kappa shape index (κ1) is 17.5. The van der Waals surface area contributed by atoms with Crippen molar-refractivity contribution >= 4 is 5.91 Å². The van der Waals surface area contributed by atoms with Crippen molar-refractivity contribution in [2.75, 3.05) is 20.2 Å². The SMILES string of the molecule is CCC(CC)(CN)C(=O)NCC(O)c1ccc(OC)cc1. The van der Waals surface area contributed by atoms with Crippen LogP contribution in [0.5, 0.6) is 5.75 Å². The largest absolute Gasteiger partial charge is 0.497 e. The lowest BCUT2D eigenvalue weighted by Crippen LogP contribution is -2.46. The highest BCUT2D eigenvalue weighted by atomic mass is 16.5. The lowest BCUT2D eigenvalue weighted by Gasteiger charge is -2.29. The summed E-state index contributed by atoms with van der Waals surface area (Å²) in [5.74, 6) is 0.636. The molecule has 4 N–H and O–H groups in total. The number of amides is 1. The number of benzene rings is 1. The first-order chi connectivity index (χ1) is 10.0. The summed E-state index contributed by atoms with van der Waals surface area (Å²) in [5, 5.41) is 12.9. The topological polar surface area (TPSA) is 84.6 Å². The number of ether oxygens (including phenoxy) is 1. The second kappa shape index (κ2) is 8.00. The molecule has 0 aliphatic rings. The molecule has 1 unspecified atom stereocenters. The monoisotopic (exact) mass is 294 g/mol. The maximum absolute atomic E-state index is 12.3. The lowest BCUT2D eigenvalue weighted by atomic mass is 9.81. The first-order valence-electron chi connectivity index (χ1n) is 7.33. The van der Waals surface area contributed by atoms with E-state index in [1.54, 1.807) is 31.4 Å². The Hall–Kier alpha value is -1.59. The van der Waals surface area contributed by atoms with Crippen molar-refractivity contribution in [2.45, 2.75) is 32.8 Å². The van der Waals surface area contributed by atoms with Gasteiger partial charge in [0.2, 0.25) is 5.91 Å². The predicted molar refractivity (Wildman–Crippen MR) is 83.0 cm³/mol. The molecule has 1 atom stereocenters. The molecule has 0 aromatic heterocycles. The molecule has 0 saturated carbocycles. The molecule has 0 radical (unpaired) electrons. The molecule has 21 heavy (non-hydrogen) atoms. The van der Waals surface area contributed by atoms with Crippen LogP contribution in [-0.4, -0.2) is 31.2 Å². The van der Waals surface area contributed by atoms with E-state index < -0.39 is 11.5 Å². The highest BCUT2D eigenvalue weighted by molar-refractivity contribution is 5.82. The Balaban J connectivity index is 2.62. The summed E-state index contributed by atoms with van der Waals surface area (Å²) in [6, 6.07) is 7.13. The van der Waals surface area contributed by atoms with Gasteiger partial charge in [-0.1, -0.05) is 26.0 Å². The summed E-state index contributed by atoms with van der Waals surface area (Å²) < 4.78 is 5.07. The van der Waals surface area contributed by atoms with Crippen LogP contribution >= 0.6 is 0 Å². The van der Waals surface area contributed by atoms with Gasteiger partial charge in [-0.25, -0.2) is 0 Å². The van der Waals surface area contributed by atoms with Gasteiger partial charge < -0.3 is 20.9 Å². The number of hydrogen-bond acceptors (Lipinski definition) is 4. The minimum absolute atomic E-state index is 0.0949. The fourth-order valence-corrected chi connectivity index (χ4v) is 2.27. The van der Waals surface area contributed by atoms with Crippen LogP contribution in [0.1, 0.15) is 38.4 Å². The van der Waals surface area contributed by atoms with Crippen molar-refractivity contribution in [3.8, 4) is 5.75 Å². The summed E-state index contributed by atoms with van der Waals surface area (Å²) >= 11 is 0. The van der Waals surface area contributed by atoms with E-state index in [0.29, 0.717) is 19.4 Å². The number of carbonyl (C=O) groups excluding carboxylic acids is 1. The van der Waals surface area contributed by atoms with Gasteiger partial charge in [-0.2, -0.15) is 0 Å². The van der Waals surface area contributed by atoms with Crippen LogP contribution < -0.4 is 15.8 Å². The average Bonchev–Trinajstić information content (AvgIpc) is 2.54. The highest BCUT2D eigenvalue weighted by Gasteiger charge is 2.33. The number of aliphatic hydroxyl groups excluding tert-OH is 1. The standard InChI is InChI=1S/C16H26N2O3/c1-4-16(5-2,11-17)15(20)18-10-14(19)12-6-8-13(21-3)9-7-12/h6-9,14,19H,4-5,10-11,17H2,1-3H3,(H,18,20). The van der Waals surface area contributed by atoms with Gasteiger partial charge in [0.1, 0.15) is 5.75 Å². The van der Waals surface area contributed by atoms with Gasteiger partial charge in [0, 0.05) is 13.1 Å². The molecule has 1 rings (SSSR count). The van der Waals surface area contributed by atoms with Crippen LogP contribution in [0.3, 0.4) is 0 Å². The molecule has 0 aliphatic heterocycles. The number of hydrogen-bond donors (Lipinski definition) is 3. The van der Waals surface area contributed by atoms with Crippen LogP contribution in [0.25, 0.3) is 0 Å². The molecule has 0 aliphatic carbocycles. The van der Waals surface area contributed by atoms with Gasteiger partial charge in [-0.15, -0.1) is 0 Å². The highest BCUT2D eigenvalue weighted by Crippen LogP contribution is 2.25. The molecule has 1 aromatic rings. The molecular formula is C16H26N2O3. The van der Waals surface area contributed by atoms with Gasteiger partial charge >= 0.3 is 0 Å². The number of nitrogens with one attached hydrogen (secondary N) is 1. The summed E-state index contributed by atoms with van der Waals surface area (Å²) in [6.07, 6.45) is 0.624. The Morgan fingerprint density at radius 2 is 1.90 bits per heavy atom. The zero-order chi connectivity index (χ0) is 15.9. The summed E-state index contributed by atoms with van der Waals surface area (Å²) in [4.78, 5) is 12.3. The molecule has 0 spiro atoms. The summed E-state index contributed by atoms with van der Waals surface area (Å²) in [5.41, 5.74) is 5.94. The van der Waals surface area contributed by atoms with Crippen LogP contribution in [0.4, 0.5) is 0 Å². The number of carbonyl (C=O) groups is 1. The van der Waals surface area contributed by atoms with E-state index in [2.05, 4.69) is 5.32 Å². The third kappa shape index (κ3) is 4.19. The third-order valence-electron chi connectivity index (χ3n) is 4.18. The fourth-order valence-electron chi connectivity index (χ4n) is 2.27. The van der Waals surface area contributed by atoms with Gasteiger partial charge in [0.15, 0.2) is 0 Å². The van der Waals surface area contributed by atoms with Crippen molar-refractivity contribution < 1.29 is 14.6 Å². The second-order valence-electron chi connectivity index (χ2n) is 5.19. The van der Waals surface area contributed by atoms with Crippen molar-refractivity contribution in [3.63, 3.8) is 0 Å². The zero-order valence-corrected chi connectivity index (χ0v) is 13.1. The number of nitrogens with two attached hydrogens (primary N) is 1. The zero-order valence-electron chi connectivity index (χ0n) is 13.1. The molecular weight excluding hydrogens is 268 g/mol. The maximum atomic E-state index is 12.3. The van der Waals surface area contributed by atoms with Crippen molar-refractivity contribution in [1.82, 2.24) is 5.32 Å². The Morgan fingerprint density at radius 1 is 1.33 bits per heavy atom. The second-order valence-corrected chi connectivity index (χ2v) is 5.19. The van der Waals surface area contributed by atoms with Crippen molar-refractivity contribution in [3.05, 3.63) is 29.8 Å². The molecule has 0 fully saturated rings. The minimum atomic E-state index is -0.746. The van der Waals surface area contributed by atoms with E-state index in [-0.39, 0.29) is 12.5 Å². The van der Waals surface area contributed by atoms with Gasteiger partial charge in [0.25, 0.3) is 0 Å². The smallest absolute Gasteiger partial charge is 0.227 e. The first-order valence-corrected chi connectivity index (χ1v) is 7.33. The molecule has 5 nitrogen and oxygen atoms in total. The van der Waals surface area contributed by atoms with E-state index in [0.717, 1.165) is 11.3 Å². The minimum Gasteiger partial charge on any atom is -0.497 e. The normalized spacial score (nSPS) is 12.8. The Kier molecular flexibility index (Phi) is 6.65. The quantitative estimate of drug-likeness (QED) is 0.680. The van der Waals surface area contributed by atoms with Gasteiger partial charge in [-0.05, 0) is 30.5 Å². The summed E-state index contributed by atoms with van der Waals surface area (Å²) in [6.45, 7) is 4.39. The molecule has 0 bridgehead atoms. The van der Waals surface area contributed by atoms with Crippen LogP contribution in [0.15, 0.2) is 24.3 Å². The molecule has 1 aromatic carbocycles. The van der Waals surface area contributed by atoms with Crippen LogP contribution in [-0.2, 0) is 4.79 Å². The maximum Gasteiger partial charge on any atom is 0.227 e. The number of rotatable bonds is 8. The Bertz CT molecular complexity index is 433. The van der Waals surface area contributed by atoms with E-state index in [4.69, 9.17) is 10.5 Å². The summed E-state index contributed by atoms with van der Waals surface area (Å²) in [7, 11) is 1.59. The number of methoxy groups -OCH3 is 1. The Labute approximate surface area is 126 Å². The lowest BCUT2D eigenvalue weighted by molar-refractivity contribution is -0.131. The van der Waals surface area contributed by atoms with E-state index in [9.17, 15) is 9.90 Å². The van der Waals surface area contributed by atoms with Crippen molar-refractivity contribution in [2.24, 2.45) is 11.1 Å². The molecule has 1 amide bonds. The van der Waals surface area contributed by atoms with E-state index in [1.807, 2.05) is 13.8 Å². The van der Waals surface area contributed by atoms with Gasteiger partial charge in [0.05, 0.1) is 18.6 Å². The predicted octanol–water partition coefficient (Wildman–Crippen LogP) is 1.61. The molecule has 118 valence electrons. The Morgan fingerprint density at radius 3 is 2.33 bits per heavy atom. The third-order valence-corrected chi connectivity index (χ3v) is 4.18. The average molecular weight is 294 g/mol. The molecule has 0 heterocycles. The number of aliphatic hydroxyl groups is 1. The molecule has 5 heteroatoms. The molecule has 0 saturated heterocycles. The van der Waals surface area contributed by atoms with E-state index >= 15 is 0 Å². The van der Waals surface area contributed by atoms with Crippen LogP contribution in [0, 0.1) is 5.41 Å². The van der Waals surface area contributed by atoms with E-state index in [1.165, 1.54) is 0 Å².